The van der Waals surface area contributed by atoms with Gasteiger partial charge in [-0.3, -0.25) is 0 Å². The fraction of sp³-hybridized carbons (Fsp3) is 0. The minimum Gasteiger partial charge on any atom is -0.402 e. The summed E-state index contributed by atoms with van der Waals surface area (Å²) in [5, 5.41) is 30.9. The van der Waals surface area contributed by atoms with Crippen molar-refractivity contribution in [3.63, 3.8) is 0 Å². The highest BCUT2D eigenvalue weighted by molar-refractivity contribution is 6.48. The van der Waals surface area contributed by atoms with Crippen molar-refractivity contribution >= 4 is 14.6 Å². The molecule has 5 nitrogen and oxygen atoms in total. The van der Waals surface area contributed by atoms with Gasteiger partial charge in [0.1, 0.15) is 0 Å². The zero-order valence-electron chi connectivity index (χ0n) is 6.82. The molecule has 0 saturated carbocycles. The first-order valence-electron chi connectivity index (χ1n) is 3.50. The van der Waals surface area contributed by atoms with Gasteiger partial charge in [0.25, 0.3) is 0 Å². The molecule has 0 amide bonds. The van der Waals surface area contributed by atoms with Crippen molar-refractivity contribution in [2.24, 2.45) is 0 Å². The van der Waals surface area contributed by atoms with Crippen molar-refractivity contribution in [1.29, 1.82) is 0 Å². The average molecular weight is 184 g/mol. The summed E-state index contributed by atoms with van der Waals surface area (Å²) in [6.07, 6.45) is 0. The largest absolute Gasteiger partial charge is 0.621 e. The van der Waals surface area contributed by atoms with Crippen LogP contribution in [0.15, 0.2) is 36.4 Å². The fourth-order valence-corrected chi connectivity index (χ4v) is 0.494. The topological polar surface area (TPSA) is 90.2 Å². The highest BCUT2D eigenvalue weighted by Crippen LogP contribution is 1.79. The predicted molar refractivity (Wildman–Crippen MR) is 47.9 cm³/mol. The Morgan fingerprint density at radius 1 is 0.615 bits per heavy atom. The molecule has 1 aromatic rings. The lowest BCUT2D eigenvalue weighted by Crippen LogP contribution is -2.28. The Morgan fingerprint density at radius 2 is 0.846 bits per heavy atom. The molecule has 0 aliphatic heterocycles. The lowest BCUT2D eigenvalue weighted by atomic mass is 10.1. The van der Waals surface area contributed by atoms with Crippen LogP contribution in [-0.4, -0.2) is 34.7 Å². The van der Waals surface area contributed by atoms with Crippen molar-refractivity contribution in [3.05, 3.63) is 36.4 Å². The predicted octanol–water partition coefficient (Wildman–Crippen LogP) is -1.37. The fourth-order valence-electron chi connectivity index (χ4n) is 0.494. The molecule has 0 atom stereocenters. The van der Waals surface area contributed by atoms with Crippen molar-refractivity contribution < 1.29 is 24.7 Å². The minimum absolute atomic E-state index is 2.00. The van der Waals surface area contributed by atoms with E-state index in [1.807, 2.05) is 36.4 Å². The Balaban J connectivity index is 0.000000223. The Labute approximate surface area is 76.6 Å². The molecule has 0 spiro atoms. The van der Waals surface area contributed by atoms with Crippen molar-refractivity contribution in [3.8, 4) is 0 Å². The van der Waals surface area contributed by atoms with E-state index in [1.54, 1.807) is 0 Å². The quantitative estimate of drug-likeness (QED) is 0.425. The van der Waals surface area contributed by atoms with Gasteiger partial charge in [0, 0.05) is 0 Å². The van der Waals surface area contributed by atoms with E-state index in [-0.39, 0.29) is 0 Å². The lowest BCUT2D eigenvalue weighted by molar-refractivity contribution is 0.213. The summed E-state index contributed by atoms with van der Waals surface area (Å²) in [6, 6.07) is 12.0. The van der Waals surface area contributed by atoms with Gasteiger partial charge in [0.2, 0.25) is 0 Å². The van der Waals surface area contributed by atoms with Gasteiger partial charge in [-0.2, -0.15) is 0 Å². The molecule has 1 aromatic carbocycles. The molecule has 13 heavy (non-hydrogen) atoms. The molecule has 4 N–H and O–H groups in total. The van der Waals surface area contributed by atoms with Gasteiger partial charge >= 0.3 is 14.6 Å². The SMILES string of the molecule is OB(O)OB(O)O.c1ccccc1. The zero-order valence-corrected chi connectivity index (χ0v) is 6.82. The van der Waals surface area contributed by atoms with Crippen LogP contribution in [0, 0.1) is 0 Å². The molecule has 0 aromatic heterocycles. The molecular formula is C6H10B2O5. The Morgan fingerprint density at radius 3 is 0.923 bits per heavy atom. The van der Waals surface area contributed by atoms with Crippen LogP contribution in [0.4, 0.5) is 0 Å². The third-order valence-corrected chi connectivity index (χ3v) is 0.910. The molecule has 0 unspecified atom stereocenters. The van der Waals surface area contributed by atoms with Crippen LogP contribution in [0.5, 0.6) is 0 Å². The molecule has 0 bridgehead atoms. The number of hydrogen-bond donors (Lipinski definition) is 4. The first-order chi connectivity index (χ1) is 6.13. The highest BCUT2D eigenvalue weighted by Gasteiger charge is 2.18. The van der Waals surface area contributed by atoms with E-state index >= 15 is 0 Å². The number of hydrogen-bond acceptors (Lipinski definition) is 5. The Kier molecular flexibility index (Phi) is 7.27. The molecule has 0 aliphatic carbocycles. The second-order valence-electron chi connectivity index (χ2n) is 1.94. The van der Waals surface area contributed by atoms with E-state index in [4.69, 9.17) is 20.1 Å². The summed E-state index contributed by atoms with van der Waals surface area (Å²) >= 11 is 0. The maximum Gasteiger partial charge on any atom is 0.621 e. The Bertz CT molecular complexity index is 161. The molecule has 0 saturated heterocycles. The van der Waals surface area contributed by atoms with E-state index in [1.165, 1.54) is 0 Å². The van der Waals surface area contributed by atoms with Gasteiger partial charge in [-0.15, -0.1) is 0 Å². The van der Waals surface area contributed by atoms with E-state index in [9.17, 15) is 0 Å². The molecule has 70 valence electrons. The summed E-state index contributed by atoms with van der Waals surface area (Å²) in [6.45, 7) is 0. The smallest absolute Gasteiger partial charge is 0.402 e. The van der Waals surface area contributed by atoms with Gasteiger partial charge < -0.3 is 24.7 Å². The number of benzene rings is 1. The molecule has 1 rings (SSSR count). The van der Waals surface area contributed by atoms with Crippen molar-refractivity contribution in [2.75, 3.05) is 0 Å². The van der Waals surface area contributed by atoms with Gasteiger partial charge in [-0.05, 0) is 0 Å². The molecule has 7 heteroatoms. The first kappa shape index (κ1) is 12.1. The third kappa shape index (κ3) is 11.1. The summed E-state index contributed by atoms with van der Waals surface area (Å²) in [5.74, 6) is 0. The lowest BCUT2D eigenvalue weighted by Gasteiger charge is -1.95. The summed E-state index contributed by atoms with van der Waals surface area (Å²) in [4.78, 5) is 0. The van der Waals surface area contributed by atoms with Gasteiger partial charge in [-0.25, -0.2) is 0 Å². The van der Waals surface area contributed by atoms with Crippen LogP contribution in [-0.2, 0) is 4.57 Å². The van der Waals surface area contributed by atoms with Crippen LogP contribution in [0.1, 0.15) is 0 Å². The molecule has 0 fully saturated rings. The van der Waals surface area contributed by atoms with Crippen LogP contribution in [0.3, 0.4) is 0 Å². The standard InChI is InChI=1S/C6H6.B2H4O5/c1-2-4-6-5-3-1;3-1(4)7-2(5)6/h1-6H;3-6H. The minimum atomic E-state index is -2.13. The molecular weight excluding hydrogens is 174 g/mol. The van der Waals surface area contributed by atoms with E-state index in [0.29, 0.717) is 0 Å². The summed E-state index contributed by atoms with van der Waals surface area (Å²) in [7, 11) is -4.25. The maximum atomic E-state index is 7.74. The zero-order chi connectivity index (χ0) is 10.1. The normalized spacial score (nSPS) is 8.31. The molecule has 0 aliphatic rings. The van der Waals surface area contributed by atoms with Crippen LogP contribution in [0.2, 0.25) is 0 Å². The van der Waals surface area contributed by atoms with E-state index < -0.39 is 14.6 Å². The van der Waals surface area contributed by atoms with Gasteiger partial charge in [0.15, 0.2) is 0 Å². The second-order valence-corrected chi connectivity index (χ2v) is 1.94. The summed E-state index contributed by atoms with van der Waals surface area (Å²) < 4.78 is 3.47. The third-order valence-electron chi connectivity index (χ3n) is 0.910. The number of rotatable bonds is 2. The molecule has 0 radical (unpaired) electrons. The average Bonchev–Trinajstić information content (AvgIpc) is 2.06. The second kappa shape index (κ2) is 7.78. The summed E-state index contributed by atoms with van der Waals surface area (Å²) in [5.41, 5.74) is 0. The highest BCUT2D eigenvalue weighted by atomic mass is 16.7. The van der Waals surface area contributed by atoms with Gasteiger partial charge in [0.05, 0.1) is 0 Å². The van der Waals surface area contributed by atoms with Crippen LogP contribution >= 0.6 is 0 Å². The van der Waals surface area contributed by atoms with Crippen LogP contribution in [0.25, 0.3) is 0 Å². The maximum absolute atomic E-state index is 7.74. The van der Waals surface area contributed by atoms with Crippen LogP contribution < -0.4 is 0 Å². The van der Waals surface area contributed by atoms with E-state index in [0.717, 1.165) is 0 Å². The molecule has 0 heterocycles. The first-order valence-corrected chi connectivity index (χ1v) is 3.50. The van der Waals surface area contributed by atoms with E-state index in [2.05, 4.69) is 4.57 Å². The van der Waals surface area contributed by atoms with Crippen molar-refractivity contribution in [2.45, 2.75) is 0 Å². The Hall–Kier alpha value is -0.850. The monoisotopic (exact) mass is 184 g/mol. The van der Waals surface area contributed by atoms with Gasteiger partial charge in [-0.1, -0.05) is 36.4 Å². The van der Waals surface area contributed by atoms with Crippen molar-refractivity contribution in [1.82, 2.24) is 0 Å².